The van der Waals surface area contributed by atoms with Gasteiger partial charge in [0.05, 0.1) is 17.8 Å². The normalized spacial score (nSPS) is 15.3. The molecule has 2 aromatic heterocycles. The third-order valence-electron chi connectivity index (χ3n) is 5.02. The third kappa shape index (κ3) is 4.52. The zero-order valence-corrected chi connectivity index (χ0v) is 15.6. The van der Waals surface area contributed by atoms with Crippen molar-refractivity contribution in [2.24, 2.45) is 0 Å². The summed E-state index contributed by atoms with van der Waals surface area (Å²) in [4.78, 5) is 21.8. The zero-order chi connectivity index (χ0) is 19.3. The van der Waals surface area contributed by atoms with Crippen molar-refractivity contribution in [2.45, 2.75) is 31.9 Å². The Kier molecular flexibility index (Phi) is 5.59. The lowest BCUT2D eigenvalue weighted by molar-refractivity contribution is -0.121. The summed E-state index contributed by atoms with van der Waals surface area (Å²) in [6.45, 7) is 2.58. The van der Waals surface area contributed by atoms with Crippen LogP contribution in [0.5, 0.6) is 0 Å². The first kappa shape index (κ1) is 18.5. The minimum atomic E-state index is -0.587. The number of carbonyl (C=O) groups is 1. The number of aromatic nitrogens is 4. The number of nitrogens with zero attached hydrogens (tertiary/aromatic N) is 4. The van der Waals surface area contributed by atoms with Gasteiger partial charge in [-0.3, -0.25) is 9.69 Å². The predicted molar refractivity (Wildman–Crippen MR) is 104 cm³/mol. The molecule has 0 spiro atoms. The van der Waals surface area contributed by atoms with E-state index in [1.807, 2.05) is 6.07 Å². The summed E-state index contributed by atoms with van der Waals surface area (Å²) in [7, 11) is 0. The largest absolute Gasteiger partial charge is 0.390 e. The fourth-order valence-electron chi connectivity index (χ4n) is 3.56. The third-order valence-corrected chi connectivity index (χ3v) is 5.02. The van der Waals surface area contributed by atoms with Crippen molar-refractivity contribution in [3.05, 3.63) is 53.5 Å². The highest BCUT2D eigenvalue weighted by atomic mass is 16.3. The van der Waals surface area contributed by atoms with Gasteiger partial charge in [0.25, 0.3) is 0 Å². The van der Waals surface area contributed by atoms with Gasteiger partial charge in [-0.05, 0) is 23.6 Å². The molecule has 1 aromatic carbocycles. The molecule has 28 heavy (non-hydrogen) atoms. The van der Waals surface area contributed by atoms with Crippen LogP contribution in [-0.2, 0) is 24.2 Å². The zero-order valence-electron chi connectivity index (χ0n) is 15.6. The smallest absolute Gasteiger partial charge is 0.220 e. The van der Waals surface area contributed by atoms with Gasteiger partial charge in [-0.25, -0.2) is 4.98 Å². The monoisotopic (exact) mass is 380 g/mol. The Labute approximate surface area is 163 Å². The second-order valence-corrected chi connectivity index (χ2v) is 7.16. The number of fused-ring (bicyclic) bond motifs is 2. The predicted octanol–water partition coefficient (Wildman–Crippen LogP) is 0.821. The lowest BCUT2D eigenvalue weighted by Crippen LogP contribution is -2.42. The number of rotatable bonds is 7. The second kappa shape index (κ2) is 8.45. The Balaban J connectivity index is 1.19. The Morgan fingerprint density at radius 3 is 3.00 bits per heavy atom. The van der Waals surface area contributed by atoms with Crippen LogP contribution in [0.15, 0.2) is 36.5 Å². The van der Waals surface area contributed by atoms with E-state index in [2.05, 4.69) is 48.6 Å². The number of aliphatic hydroxyl groups excluding tert-OH is 1. The van der Waals surface area contributed by atoms with Gasteiger partial charge in [0.2, 0.25) is 5.91 Å². The van der Waals surface area contributed by atoms with Crippen molar-refractivity contribution < 1.29 is 9.90 Å². The van der Waals surface area contributed by atoms with Crippen molar-refractivity contribution in [1.29, 1.82) is 0 Å². The van der Waals surface area contributed by atoms with Crippen LogP contribution in [0, 0.1) is 0 Å². The Bertz CT molecular complexity index is 924. The van der Waals surface area contributed by atoms with Crippen LogP contribution in [0.1, 0.15) is 23.4 Å². The number of aryl methyl sites for hydroxylation is 1. The van der Waals surface area contributed by atoms with Crippen LogP contribution in [-0.4, -0.2) is 61.8 Å². The van der Waals surface area contributed by atoms with Crippen LogP contribution in [0.3, 0.4) is 0 Å². The molecule has 8 heteroatoms. The van der Waals surface area contributed by atoms with E-state index in [1.54, 1.807) is 12.3 Å². The highest BCUT2D eigenvalue weighted by Gasteiger charge is 2.18. The molecule has 1 aliphatic rings. The maximum absolute atomic E-state index is 12.1. The van der Waals surface area contributed by atoms with E-state index in [9.17, 15) is 9.90 Å². The molecule has 0 unspecified atom stereocenters. The molecule has 3 heterocycles. The van der Waals surface area contributed by atoms with Gasteiger partial charge in [-0.2, -0.15) is 5.10 Å². The van der Waals surface area contributed by atoms with E-state index in [0.717, 1.165) is 25.0 Å². The first-order chi connectivity index (χ1) is 13.7. The summed E-state index contributed by atoms with van der Waals surface area (Å²) in [5.74, 6) is 0.604. The minimum absolute atomic E-state index is 0.102. The molecule has 0 saturated heterocycles. The molecule has 1 atom stereocenters. The van der Waals surface area contributed by atoms with Crippen molar-refractivity contribution >= 4 is 17.1 Å². The molecule has 146 valence electrons. The standard InChI is InChI=1S/C20H24N6O2/c27-16(13-26-10-8-14-3-1-2-4-15(14)12-26)11-21-19(28)6-5-18-23-17-7-9-22-25-20(17)24-18/h1-4,7,9,16,27H,5-6,8,10-13H2,(H,21,28)(H,23,24,25)/t16-/m0/s1. The van der Waals surface area contributed by atoms with E-state index < -0.39 is 6.10 Å². The van der Waals surface area contributed by atoms with Crippen molar-refractivity contribution in [1.82, 2.24) is 30.4 Å². The van der Waals surface area contributed by atoms with E-state index >= 15 is 0 Å². The number of imidazole rings is 1. The van der Waals surface area contributed by atoms with Crippen molar-refractivity contribution in [2.75, 3.05) is 19.6 Å². The lowest BCUT2D eigenvalue weighted by Gasteiger charge is -2.30. The van der Waals surface area contributed by atoms with E-state index in [1.165, 1.54) is 11.1 Å². The average molecular weight is 380 g/mol. The molecule has 0 bridgehead atoms. The number of H-pyrrole nitrogens is 1. The topological polar surface area (TPSA) is 107 Å². The molecule has 1 amide bonds. The van der Waals surface area contributed by atoms with Gasteiger partial charge in [0.1, 0.15) is 5.82 Å². The summed E-state index contributed by atoms with van der Waals surface area (Å²) in [5, 5.41) is 20.8. The molecular formula is C20H24N6O2. The molecule has 0 aliphatic carbocycles. The lowest BCUT2D eigenvalue weighted by atomic mass is 10.00. The van der Waals surface area contributed by atoms with E-state index in [0.29, 0.717) is 30.9 Å². The maximum atomic E-state index is 12.1. The molecule has 1 aliphatic heterocycles. The van der Waals surface area contributed by atoms with Gasteiger partial charge in [-0.1, -0.05) is 24.3 Å². The van der Waals surface area contributed by atoms with Crippen molar-refractivity contribution in [3.63, 3.8) is 0 Å². The summed E-state index contributed by atoms with van der Waals surface area (Å²) < 4.78 is 0. The van der Waals surface area contributed by atoms with Gasteiger partial charge in [-0.15, -0.1) is 5.10 Å². The number of carbonyl (C=O) groups excluding carboxylic acids is 1. The number of hydrogen-bond acceptors (Lipinski definition) is 6. The number of hydrogen-bond donors (Lipinski definition) is 3. The highest BCUT2D eigenvalue weighted by molar-refractivity contribution is 5.76. The second-order valence-electron chi connectivity index (χ2n) is 7.16. The van der Waals surface area contributed by atoms with Gasteiger partial charge in [0.15, 0.2) is 5.65 Å². The number of nitrogens with one attached hydrogen (secondary N) is 2. The van der Waals surface area contributed by atoms with Crippen LogP contribution in [0.2, 0.25) is 0 Å². The van der Waals surface area contributed by atoms with Crippen LogP contribution >= 0.6 is 0 Å². The molecule has 0 radical (unpaired) electrons. The number of aliphatic hydroxyl groups is 1. The van der Waals surface area contributed by atoms with Crippen molar-refractivity contribution in [3.8, 4) is 0 Å². The SMILES string of the molecule is O=C(CCc1nc2nnccc2[nH]1)NC[C@H](O)CN1CCc2ccccc2C1. The number of amides is 1. The fraction of sp³-hybridized carbons (Fsp3) is 0.400. The first-order valence-corrected chi connectivity index (χ1v) is 9.57. The summed E-state index contributed by atoms with van der Waals surface area (Å²) in [6, 6.07) is 10.2. The Morgan fingerprint density at radius 1 is 1.29 bits per heavy atom. The Morgan fingerprint density at radius 2 is 2.14 bits per heavy atom. The highest BCUT2D eigenvalue weighted by Crippen LogP contribution is 2.18. The Hall–Kier alpha value is -2.84. The number of aromatic amines is 1. The van der Waals surface area contributed by atoms with E-state index in [-0.39, 0.29) is 12.5 Å². The minimum Gasteiger partial charge on any atom is -0.390 e. The average Bonchev–Trinajstić information content (AvgIpc) is 3.14. The summed E-state index contributed by atoms with van der Waals surface area (Å²) in [5.41, 5.74) is 4.07. The van der Waals surface area contributed by atoms with Gasteiger partial charge >= 0.3 is 0 Å². The van der Waals surface area contributed by atoms with Crippen LogP contribution in [0.4, 0.5) is 0 Å². The van der Waals surface area contributed by atoms with Crippen LogP contribution in [0.25, 0.3) is 11.2 Å². The van der Waals surface area contributed by atoms with Gasteiger partial charge in [0, 0.05) is 39.0 Å². The number of β-amino-alcohol motifs (C(OH)–C–C–N with tert-alkyl or cyclic N) is 1. The molecule has 3 aromatic rings. The van der Waals surface area contributed by atoms with E-state index in [4.69, 9.17) is 0 Å². The van der Waals surface area contributed by atoms with Crippen LogP contribution < -0.4 is 5.32 Å². The molecule has 0 saturated carbocycles. The summed E-state index contributed by atoms with van der Waals surface area (Å²) in [6.07, 6.45) is 2.80. The molecule has 4 rings (SSSR count). The number of benzene rings is 1. The van der Waals surface area contributed by atoms with Gasteiger partial charge < -0.3 is 15.4 Å². The maximum Gasteiger partial charge on any atom is 0.220 e. The first-order valence-electron chi connectivity index (χ1n) is 9.57. The summed E-state index contributed by atoms with van der Waals surface area (Å²) >= 11 is 0. The molecule has 3 N–H and O–H groups in total. The quantitative estimate of drug-likeness (QED) is 0.560. The molecular weight excluding hydrogens is 356 g/mol. The molecule has 0 fully saturated rings. The fourth-order valence-corrected chi connectivity index (χ4v) is 3.56. The molecule has 8 nitrogen and oxygen atoms in total.